The Hall–Kier alpha value is -4.91. The van der Waals surface area contributed by atoms with E-state index in [1.165, 1.54) is 42.2 Å². The van der Waals surface area contributed by atoms with Crippen LogP contribution in [0.5, 0.6) is 0 Å². The van der Waals surface area contributed by atoms with Crippen LogP contribution in [0.1, 0.15) is 28.1 Å². The highest BCUT2D eigenvalue weighted by molar-refractivity contribution is 8.00. The minimum atomic E-state index is -0.596. The van der Waals surface area contributed by atoms with E-state index in [9.17, 15) is 19.7 Å². The number of ketones is 1. The molecule has 0 radical (unpaired) electrons. The Morgan fingerprint density at radius 3 is 2.34 bits per heavy atom. The van der Waals surface area contributed by atoms with Crippen molar-refractivity contribution in [2.75, 3.05) is 16.0 Å². The lowest BCUT2D eigenvalue weighted by Crippen LogP contribution is -2.19. The van der Waals surface area contributed by atoms with E-state index < -0.39 is 10.2 Å². The highest BCUT2D eigenvalue weighted by Crippen LogP contribution is 2.38. The van der Waals surface area contributed by atoms with Crippen molar-refractivity contribution in [3.8, 4) is 11.3 Å². The zero-order chi connectivity index (χ0) is 31.1. The highest BCUT2D eigenvalue weighted by atomic mass is 32.2. The van der Waals surface area contributed by atoms with E-state index in [1.807, 2.05) is 54.6 Å². The Balaban J connectivity index is 1.29. The van der Waals surface area contributed by atoms with Gasteiger partial charge in [-0.25, -0.2) is 4.98 Å². The number of carbonyl (C=O) groups is 2. The molecule has 0 fully saturated rings. The van der Waals surface area contributed by atoms with E-state index in [1.54, 1.807) is 41.8 Å². The first-order chi connectivity index (χ1) is 21.2. The first-order valence-corrected chi connectivity index (χ1v) is 15.4. The van der Waals surface area contributed by atoms with Gasteiger partial charge in [0.1, 0.15) is 5.25 Å². The number of hydrogen-bond donors (Lipinski definition) is 3. The van der Waals surface area contributed by atoms with Crippen molar-refractivity contribution in [1.82, 2.24) is 4.98 Å². The summed E-state index contributed by atoms with van der Waals surface area (Å²) in [6.07, 6.45) is 0. The molecule has 9 nitrogen and oxygen atoms in total. The van der Waals surface area contributed by atoms with Crippen LogP contribution < -0.4 is 16.0 Å². The number of Topliss-reactive ketones (excluding diaryl/α,β-unsaturated/α-hetero) is 1. The number of nitro groups is 1. The van der Waals surface area contributed by atoms with Crippen molar-refractivity contribution in [2.24, 2.45) is 0 Å². The molecular formula is C32H25N5O4S3. The summed E-state index contributed by atoms with van der Waals surface area (Å²) in [5.74, 6) is -0.267. The van der Waals surface area contributed by atoms with E-state index in [2.05, 4.69) is 20.9 Å². The SMILES string of the molecule is CC(=O)c1ccc(NC(=S)Nc2cccc(SC(C(=O)Nc3nc(-c4cccc([N+](=O)[O-])c4)cs3)c3ccccc3)c2)cc1. The fraction of sp³-hybridized carbons (Fsp3) is 0.0625. The number of thiocarbonyl (C=S) groups is 1. The van der Waals surface area contributed by atoms with E-state index >= 15 is 0 Å². The molecule has 1 unspecified atom stereocenters. The molecule has 3 N–H and O–H groups in total. The molecule has 5 aromatic rings. The van der Waals surface area contributed by atoms with Crippen LogP contribution in [0.3, 0.4) is 0 Å². The number of nitro benzene ring substituents is 1. The van der Waals surface area contributed by atoms with E-state index in [-0.39, 0.29) is 17.4 Å². The van der Waals surface area contributed by atoms with Crippen molar-refractivity contribution in [1.29, 1.82) is 0 Å². The first kappa shape index (κ1) is 30.5. The summed E-state index contributed by atoms with van der Waals surface area (Å²) in [6, 6.07) is 30.3. The van der Waals surface area contributed by atoms with Gasteiger partial charge in [0.25, 0.3) is 5.69 Å². The van der Waals surface area contributed by atoms with Crippen molar-refractivity contribution >= 4 is 74.3 Å². The van der Waals surface area contributed by atoms with Gasteiger partial charge in [0.15, 0.2) is 16.0 Å². The lowest BCUT2D eigenvalue weighted by Gasteiger charge is -2.17. The van der Waals surface area contributed by atoms with Crippen LogP contribution in [0.25, 0.3) is 11.3 Å². The summed E-state index contributed by atoms with van der Waals surface area (Å²) in [5, 5.41) is 22.3. The third kappa shape index (κ3) is 7.92. The molecule has 5 rings (SSSR count). The van der Waals surface area contributed by atoms with Gasteiger partial charge in [-0.2, -0.15) is 0 Å². The predicted octanol–water partition coefficient (Wildman–Crippen LogP) is 8.20. The second-order valence-corrected chi connectivity index (χ2v) is 11.9. The van der Waals surface area contributed by atoms with Crippen LogP contribution in [0.2, 0.25) is 0 Å². The Bertz CT molecular complexity index is 1830. The topological polar surface area (TPSA) is 126 Å². The second kappa shape index (κ2) is 14.0. The molecule has 0 spiro atoms. The standard InChI is InChI=1S/C32H25N5O4S3/c1-20(38)21-13-15-24(16-14-21)33-31(42)34-25-10-6-12-27(18-25)44-29(22-7-3-2-4-8-22)30(39)36-32-35-28(19-43-32)23-9-5-11-26(17-23)37(40)41/h2-19,29H,1H3,(H2,33,34,42)(H,35,36,39). The van der Waals surface area contributed by atoms with E-state index in [0.717, 1.165) is 21.8 Å². The minimum absolute atomic E-state index is 0.00839. The molecule has 1 aromatic heterocycles. The molecule has 0 aliphatic heterocycles. The zero-order valence-electron chi connectivity index (χ0n) is 23.2. The molecule has 0 saturated heterocycles. The number of benzene rings is 4. The third-order valence-electron chi connectivity index (χ3n) is 6.32. The smallest absolute Gasteiger partial charge is 0.270 e. The maximum atomic E-state index is 13.6. The van der Waals surface area contributed by atoms with Gasteiger partial charge in [-0.15, -0.1) is 23.1 Å². The van der Waals surface area contributed by atoms with Crippen molar-refractivity contribution in [3.63, 3.8) is 0 Å². The maximum Gasteiger partial charge on any atom is 0.270 e. The van der Waals surface area contributed by atoms with Crippen molar-refractivity contribution < 1.29 is 14.5 Å². The van der Waals surface area contributed by atoms with Crippen molar-refractivity contribution in [2.45, 2.75) is 17.1 Å². The molecule has 0 aliphatic rings. The minimum Gasteiger partial charge on any atom is -0.332 e. The van der Waals surface area contributed by atoms with Crippen LogP contribution in [-0.2, 0) is 4.79 Å². The second-order valence-electron chi connectivity index (χ2n) is 9.48. The maximum absolute atomic E-state index is 13.6. The number of nitrogens with one attached hydrogen (secondary N) is 3. The Kier molecular flexibility index (Phi) is 9.75. The number of rotatable bonds is 10. The Morgan fingerprint density at radius 1 is 0.886 bits per heavy atom. The molecular weight excluding hydrogens is 615 g/mol. The molecule has 1 amide bonds. The first-order valence-electron chi connectivity index (χ1n) is 13.3. The highest BCUT2D eigenvalue weighted by Gasteiger charge is 2.23. The van der Waals surface area contributed by atoms with Gasteiger partial charge < -0.3 is 16.0 Å². The van der Waals surface area contributed by atoms with Crippen molar-refractivity contribution in [3.05, 3.63) is 130 Å². The average molecular weight is 640 g/mol. The molecule has 0 bridgehead atoms. The Morgan fingerprint density at radius 2 is 1.61 bits per heavy atom. The normalized spacial score (nSPS) is 11.3. The molecule has 1 atom stereocenters. The van der Waals surface area contributed by atoms with Crippen LogP contribution in [0.4, 0.5) is 22.2 Å². The van der Waals surface area contributed by atoms with E-state index in [4.69, 9.17) is 12.2 Å². The van der Waals surface area contributed by atoms with Gasteiger partial charge in [0, 0.05) is 44.9 Å². The number of aromatic nitrogens is 1. The summed E-state index contributed by atoms with van der Waals surface area (Å²) < 4.78 is 0. The zero-order valence-corrected chi connectivity index (χ0v) is 25.7. The molecule has 0 saturated carbocycles. The number of thioether (sulfide) groups is 1. The molecule has 0 aliphatic carbocycles. The number of carbonyl (C=O) groups excluding carboxylic acids is 2. The van der Waals surface area contributed by atoms with Gasteiger partial charge >= 0.3 is 0 Å². The van der Waals surface area contributed by atoms with Gasteiger partial charge in [0.05, 0.1) is 10.6 Å². The number of amides is 1. The van der Waals surface area contributed by atoms with Crippen LogP contribution >= 0.6 is 35.3 Å². The van der Waals surface area contributed by atoms with E-state index in [0.29, 0.717) is 27.1 Å². The summed E-state index contributed by atoms with van der Waals surface area (Å²) in [4.78, 5) is 41.2. The number of thiazole rings is 1. The van der Waals surface area contributed by atoms with Crippen LogP contribution in [-0.4, -0.2) is 26.7 Å². The number of anilines is 3. The lowest BCUT2D eigenvalue weighted by atomic mass is 10.1. The fourth-order valence-corrected chi connectivity index (χ4v) is 6.22. The Labute approximate surface area is 266 Å². The number of nitrogens with zero attached hydrogens (tertiary/aromatic N) is 2. The summed E-state index contributed by atoms with van der Waals surface area (Å²) in [5.41, 5.74) is 4.02. The molecule has 1 heterocycles. The summed E-state index contributed by atoms with van der Waals surface area (Å²) >= 11 is 8.11. The van der Waals surface area contributed by atoms with Gasteiger partial charge in [0.2, 0.25) is 5.91 Å². The number of hydrogen-bond acceptors (Lipinski definition) is 8. The van der Waals surface area contributed by atoms with Crippen LogP contribution in [0.15, 0.2) is 113 Å². The summed E-state index contributed by atoms with van der Waals surface area (Å²) in [6.45, 7) is 1.52. The summed E-state index contributed by atoms with van der Waals surface area (Å²) in [7, 11) is 0. The molecule has 12 heteroatoms. The molecule has 220 valence electrons. The number of non-ortho nitro benzene ring substituents is 1. The average Bonchev–Trinajstić information content (AvgIpc) is 3.49. The van der Waals surface area contributed by atoms with Gasteiger partial charge in [-0.3, -0.25) is 19.7 Å². The fourth-order valence-electron chi connectivity index (χ4n) is 4.18. The quantitative estimate of drug-likeness (QED) is 0.0456. The van der Waals surface area contributed by atoms with Crippen LogP contribution in [0, 0.1) is 10.1 Å². The van der Waals surface area contributed by atoms with Gasteiger partial charge in [-0.05, 0) is 67.2 Å². The molecule has 44 heavy (non-hydrogen) atoms. The third-order valence-corrected chi connectivity index (χ3v) is 8.53. The largest absolute Gasteiger partial charge is 0.332 e. The van der Waals surface area contributed by atoms with Gasteiger partial charge in [-0.1, -0.05) is 48.5 Å². The predicted molar refractivity (Wildman–Crippen MR) is 181 cm³/mol. The molecule has 4 aromatic carbocycles. The lowest BCUT2D eigenvalue weighted by molar-refractivity contribution is -0.384. The monoisotopic (exact) mass is 639 g/mol.